The number of nitrogen functional groups attached to an aromatic ring is 1. The van der Waals surface area contributed by atoms with Gasteiger partial charge < -0.3 is 21.3 Å². The first-order chi connectivity index (χ1) is 12.3. The van der Waals surface area contributed by atoms with Gasteiger partial charge in [0, 0.05) is 28.0 Å². The molecule has 1 fully saturated rings. The number of nitrogens with one attached hydrogen (secondary N) is 1. The Morgan fingerprint density at radius 3 is 2.46 bits per heavy atom. The molecule has 1 aromatic carbocycles. The average Bonchev–Trinajstić information content (AvgIpc) is 2.59. The van der Waals surface area contributed by atoms with Crippen molar-refractivity contribution < 1.29 is 15.0 Å². The SMILES string of the molecule is CCCCCC(=O)O.Nc1c(Br)cc(Br)cc1CNC1CCC(O)CC1. The molecule has 5 N–H and O–H groups in total. The van der Waals surface area contributed by atoms with Gasteiger partial charge in [-0.05, 0) is 65.7 Å². The highest BCUT2D eigenvalue weighted by Gasteiger charge is 2.19. The zero-order valence-corrected chi connectivity index (χ0v) is 18.5. The normalized spacial score (nSPS) is 19.5. The molecule has 0 radical (unpaired) electrons. The summed E-state index contributed by atoms with van der Waals surface area (Å²) in [7, 11) is 0. The average molecular weight is 494 g/mol. The fraction of sp³-hybridized carbons (Fsp3) is 0.632. The monoisotopic (exact) mass is 492 g/mol. The van der Waals surface area contributed by atoms with Crippen LogP contribution in [-0.2, 0) is 11.3 Å². The Morgan fingerprint density at radius 2 is 1.88 bits per heavy atom. The number of unbranched alkanes of at least 4 members (excludes halogenated alkanes) is 2. The van der Waals surface area contributed by atoms with E-state index >= 15 is 0 Å². The van der Waals surface area contributed by atoms with Gasteiger partial charge in [0.1, 0.15) is 0 Å². The molecule has 26 heavy (non-hydrogen) atoms. The number of aliphatic carboxylic acids is 1. The Kier molecular flexibility index (Phi) is 11.4. The van der Waals surface area contributed by atoms with E-state index in [1.54, 1.807) is 0 Å². The molecule has 0 saturated heterocycles. The maximum atomic E-state index is 9.87. The summed E-state index contributed by atoms with van der Waals surface area (Å²) in [6.07, 6.45) is 7.05. The number of aliphatic hydroxyl groups excluding tert-OH is 1. The number of carbonyl (C=O) groups is 1. The lowest BCUT2D eigenvalue weighted by atomic mass is 9.93. The molecule has 1 aromatic rings. The predicted octanol–water partition coefficient (Wildman–Crippen LogP) is 4.84. The molecule has 0 aliphatic heterocycles. The number of anilines is 1. The van der Waals surface area contributed by atoms with E-state index in [-0.39, 0.29) is 6.10 Å². The number of nitrogens with two attached hydrogens (primary N) is 1. The topological polar surface area (TPSA) is 95.6 Å². The van der Waals surface area contributed by atoms with Gasteiger partial charge in [-0.2, -0.15) is 0 Å². The number of halogens is 2. The lowest BCUT2D eigenvalue weighted by molar-refractivity contribution is -0.137. The van der Waals surface area contributed by atoms with Crippen molar-refractivity contribution in [3.8, 4) is 0 Å². The second-order valence-corrected chi connectivity index (χ2v) is 8.47. The van der Waals surface area contributed by atoms with Crippen molar-refractivity contribution in [1.29, 1.82) is 0 Å². The van der Waals surface area contributed by atoms with Gasteiger partial charge in [-0.3, -0.25) is 4.79 Å². The Hall–Kier alpha value is -0.630. The standard InChI is InChI=1S/C13H18Br2N2O.C6H12O2/c14-9-5-8(13(16)12(15)6-9)7-17-10-1-3-11(18)4-2-10;1-2-3-4-5-6(7)8/h5-6,10-11,17-18H,1-4,7,16H2;2-5H2,1H3,(H,7,8). The molecule has 148 valence electrons. The first-order valence-electron chi connectivity index (χ1n) is 9.20. The summed E-state index contributed by atoms with van der Waals surface area (Å²) in [5.74, 6) is -0.682. The van der Waals surface area contributed by atoms with E-state index in [0.29, 0.717) is 12.5 Å². The van der Waals surface area contributed by atoms with Crippen molar-refractivity contribution in [3.05, 3.63) is 26.6 Å². The van der Waals surface area contributed by atoms with E-state index in [2.05, 4.69) is 44.1 Å². The lowest BCUT2D eigenvalue weighted by Crippen LogP contribution is -2.34. The Labute approximate surface area is 173 Å². The highest BCUT2D eigenvalue weighted by atomic mass is 79.9. The van der Waals surface area contributed by atoms with Crippen LogP contribution in [0.1, 0.15) is 63.9 Å². The Balaban J connectivity index is 0.000000359. The molecule has 7 heteroatoms. The molecule has 0 amide bonds. The van der Waals surface area contributed by atoms with Gasteiger partial charge in [-0.15, -0.1) is 0 Å². The van der Waals surface area contributed by atoms with Gasteiger partial charge in [0.05, 0.1) is 11.8 Å². The van der Waals surface area contributed by atoms with Crippen LogP contribution in [0, 0.1) is 0 Å². The lowest BCUT2D eigenvalue weighted by Gasteiger charge is -2.26. The van der Waals surface area contributed by atoms with Crippen LogP contribution in [0.25, 0.3) is 0 Å². The number of carboxylic acid groups (broad SMARTS) is 1. The molecule has 2 rings (SSSR count). The fourth-order valence-electron chi connectivity index (χ4n) is 2.84. The summed E-state index contributed by atoms with van der Waals surface area (Å²) in [6.45, 7) is 2.83. The molecule has 1 aliphatic carbocycles. The largest absolute Gasteiger partial charge is 0.481 e. The van der Waals surface area contributed by atoms with E-state index in [9.17, 15) is 9.90 Å². The van der Waals surface area contributed by atoms with Crippen molar-refractivity contribution >= 4 is 43.5 Å². The first-order valence-corrected chi connectivity index (χ1v) is 10.8. The van der Waals surface area contributed by atoms with Crippen LogP contribution in [0.15, 0.2) is 21.1 Å². The molecule has 0 spiro atoms. The minimum Gasteiger partial charge on any atom is -0.481 e. The van der Waals surface area contributed by atoms with Gasteiger partial charge in [-0.1, -0.05) is 35.7 Å². The second kappa shape index (κ2) is 12.7. The van der Waals surface area contributed by atoms with Crippen molar-refractivity contribution in [1.82, 2.24) is 5.32 Å². The van der Waals surface area contributed by atoms with Gasteiger partial charge in [0.15, 0.2) is 0 Å². The van der Waals surface area contributed by atoms with E-state index in [4.69, 9.17) is 10.8 Å². The minimum atomic E-state index is -0.682. The van der Waals surface area contributed by atoms with E-state index < -0.39 is 5.97 Å². The Bertz CT molecular complexity index is 562. The number of hydrogen-bond acceptors (Lipinski definition) is 4. The van der Waals surface area contributed by atoms with Crippen molar-refractivity contribution in [3.63, 3.8) is 0 Å². The number of benzene rings is 1. The smallest absolute Gasteiger partial charge is 0.303 e. The maximum Gasteiger partial charge on any atom is 0.303 e. The van der Waals surface area contributed by atoms with Crippen LogP contribution in [0.3, 0.4) is 0 Å². The third-order valence-corrected chi connectivity index (χ3v) is 5.57. The van der Waals surface area contributed by atoms with Crippen LogP contribution < -0.4 is 11.1 Å². The van der Waals surface area contributed by atoms with Gasteiger partial charge >= 0.3 is 5.97 Å². The zero-order chi connectivity index (χ0) is 19.5. The van der Waals surface area contributed by atoms with Crippen LogP contribution in [0.5, 0.6) is 0 Å². The summed E-state index contributed by atoms with van der Waals surface area (Å²) >= 11 is 6.93. The summed E-state index contributed by atoms with van der Waals surface area (Å²) in [5, 5.41) is 21.1. The van der Waals surface area contributed by atoms with Crippen LogP contribution in [0.2, 0.25) is 0 Å². The molecule has 1 saturated carbocycles. The summed E-state index contributed by atoms with van der Waals surface area (Å²) < 4.78 is 1.95. The van der Waals surface area contributed by atoms with E-state index in [1.165, 1.54) is 0 Å². The molecule has 0 bridgehead atoms. The predicted molar refractivity (Wildman–Crippen MR) is 113 cm³/mol. The van der Waals surface area contributed by atoms with Crippen LogP contribution in [0.4, 0.5) is 5.69 Å². The van der Waals surface area contributed by atoms with Gasteiger partial charge in [0.2, 0.25) is 0 Å². The molecule has 0 heterocycles. The Morgan fingerprint density at radius 1 is 1.23 bits per heavy atom. The number of hydrogen-bond donors (Lipinski definition) is 4. The van der Waals surface area contributed by atoms with E-state index in [0.717, 1.165) is 71.7 Å². The summed E-state index contributed by atoms with van der Waals surface area (Å²) in [6, 6.07) is 4.49. The quantitative estimate of drug-likeness (QED) is 0.322. The number of rotatable bonds is 7. The zero-order valence-electron chi connectivity index (χ0n) is 15.3. The summed E-state index contributed by atoms with van der Waals surface area (Å²) in [5.41, 5.74) is 7.93. The minimum absolute atomic E-state index is 0.104. The first kappa shape index (κ1) is 23.4. The van der Waals surface area contributed by atoms with Crippen molar-refractivity contribution in [2.45, 2.75) is 77.0 Å². The fourth-order valence-corrected chi connectivity index (χ4v) is 4.16. The third-order valence-electron chi connectivity index (χ3n) is 4.45. The third kappa shape index (κ3) is 9.35. The van der Waals surface area contributed by atoms with Crippen LogP contribution >= 0.6 is 31.9 Å². The molecule has 0 aromatic heterocycles. The molecule has 0 unspecified atom stereocenters. The number of aliphatic hydroxyl groups is 1. The molecular formula is C19H30Br2N2O3. The molecule has 0 atom stereocenters. The molecule has 1 aliphatic rings. The van der Waals surface area contributed by atoms with Gasteiger partial charge in [0.25, 0.3) is 0 Å². The van der Waals surface area contributed by atoms with Gasteiger partial charge in [-0.25, -0.2) is 0 Å². The summed E-state index contributed by atoms with van der Waals surface area (Å²) in [4.78, 5) is 9.87. The number of carboxylic acids is 1. The highest BCUT2D eigenvalue weighted by Crippen LogP contribution is 2.28. The van der Waals surface area contributed by atoms with E-state index in [1.807, 2.05) is 12.1 Å². The van der Waals surface area contributed by atoms with Crippen LogP contribution in [-0.4, -0.2) is 28.3 Å². The molecule has 5 nitrogen and oxygen atoms in total. The highest BCUT2D eigenvalue weighted by molar-refractivity contribution is 9.11. The maximum absolute atomic E-state index is 9.87. The molecular weight excluding hydrogens is 464 g/mol. The second-order valence-electron chi connectivity index (χ2n) is 6.70. The van der Waals surface area contributed by atoms with Crippen molar-refractivity contribution in [2.75, 3.05) is 5.73 Å². The van der Waals surface area contributed by atoms with Crippen molar-refractivity contribution in [2.24, 2.45) is 0 Å².